The molecule has 0 aromatic rings. The number of likely N-dealkylation sites (N-methyl/N-ethyl adjacent to an activating group) is 1. The van der Waals surface area contributed by atoms with Gasteiger partial charge in [-0.3, -0.25) is 14.2 Å². The van der Waals surface area contributed by atoms with Gasteiger partial charge in [0.05, 0.1) is 33.9 Å². The lowest BCUT2D eigenvalue weighted by molar-refractivity contribution is -0.870. The van der Waals surface area contributed by atoms with Crippen molar-refractivity contribution in [2.75, 3.05) is 47.5 Å². The van der Waals surface area contributed by atoms with Crippen molar-refractivity contribution in [2.24, 2.45) is 0 Å². The minimum atomic E-state index is -4.67. The van der Waals surface area contributed by atoms with Crippen molar-refractivity contribution >= 4 is 19.8 Å². The number of ether oxygens (including phenoxy) is 2. The van der Waals surface area contributed by atoms with E-state index in [-0.39, 0.29) is 26.1 Å². The maximum atomic E-state index is 12.6. The lowest BCUT2D eigenvalue weighted by atomic mass is 10.0. The van der Waals surface area contributed by atoms with Crippen molar-refractivity contribution in [1.82, 2.24) is 0 Å². The molecule has 0 rings (SSSR count). The van der Waals surface area contributed by atoms with Gasteiger partial charge in [-0.1, -0.05) is 145 Å². The second-order valence-corrected chi connectivity index (χ2v) is 16.2. The van der Waals surface area contributed by atoms with E-state index < -0.39 is 38.6 Å². The Hall–Kier alpha value is -2.33. The maximum Gasteiger partial charge on any atom is 0.306 e. The van der Waals surface area contributed by atoms with Crippen LogP contribution in [0.4, 0.5) is 0 Å². The first-order valence-corrected chi connectivity index (χ1v) is 22.1. The first-order chi connectivity index (χ1) is 25.9. The summed E-state index contributed by atoms with van der Waals surface area (Å²) in [6.45, 7) is 3.86. The predicted octanol–water partition coefficient (Wildman–Crippen LogP) is 9.63. The van der Waals surface area contributed by atoms with Gasteiger partial charge in [0, 0.05) is 12.8 Å². The van der Waals surface area contributed by atoms with E-state index in [0.717, 1.165) is 44.9 Å². The number of carbonyl (C=O) groups is 2. The summed E-state index contributed by atoms with van der Waals surface area (Å²) in [6.07, 6.45) is 37.1. The molecule has 0 aliphatic carbocycles. The normalized spacial score (nSPS) is 14.9. The molecule has 0 saturated carbocycles. The minimum absolute atomic E-state index is 0.0451. The fourth-order valence-corrected chi connectivity index (χ4v) is 5.88. The molecule has 0 bridgehead atoms. The van der Waals surface area contributed by atoms with Crippen molar-refractivity contribution in [3.05, 3.63) is 60.8 Å². The van der Waals surface area contributed by atoms with Crippen LogP contribution < -0.4 is 4.89 Å². The first-order valence-electron chi connectivity index (χ1n) is 20.6. The van der Waals surface area contributed by atoms with Gasteiger partial charge in [-0.05, 0) is 44.9 Å². The standard InChI is InChI=1S/C43H76NO9P/c1-6-8-10-12-14-16-18-20-21-23-25-27-29-32-40(45)33-31-35-42(46)50-38-41(39-52-54(48,49)51-37-36-44(3,4)5)53-43(47)34-30-28-26-24-22-19-17-15-13-11-9-7-2/h8,10,14,16,20-21,25,27,29,32,40-41,45H,6-7,9,11-13,15,17-19,22-24,26,28,30-31,33-39H2,1-5H3/b10-8-,16-14-,21-20-,27-25-,32-29+/t40?,41-/m1/s1. The largest absolute Gasteiger partial charge is 0.756 e. The van der Waals surface area contributed by atoms with Crippen molar-refractivity contribution < 1.29 is 47.2 Å². The number of esters is 2. The van der Waals surface area contributed by atoms with E-state index in [1.165, 1.54) is 51.4 Å². The number of carbonyl (C=O) groups excluding carboxylic acids is 2. The van der Waals surface area contributed by atoms with Crippen molar-refractivity contribution in [1.29, 1.82) is 0 Å². The number of unbranched alkanes of at least 4 members (excludes halogenated alkanes) is 11. The van der Waals surface area contributed by atoms with Gasteiger partial charge in [-0.25, -0.2) is 0 Å². The molecule has 0 aromatic heterocycles. The molecule has 0 radical (unpaired) electrons. The summed E-state index contributed by atoms with van der Waals surface area (Å²) in [7, 11) is 1.06. The van der Waals surface area contributed by atoms with Crippen molar-refractivity contribution in [2.45, 2.75) is 154 Å². The number of hydrogen-bond donors (Lipinski definition) is 1. The Balaban J connectivity index is 4.60. The number of phosphoric acid groups is 1. The SMILES string of the molecule is CC/C=C\C/C=C\C/C=C\C/C=C\C=C\C(O)CCCC(=O)OC[C@H](COP(=O)([O-])OCC[N+](C)(C)C)OC(=O)CCCCCCCCCCCCCC. The smallest absolute Gasteiger partial charge is 0.306 e. The van der Waals surface area contributed by atoms with Crippen molar-refractivity contribution in [3.8, 4) is 0 Å². The van der Waals surface area contributed by atoms with E-state index in [4.69, 9.17) is 18.5 Å². The Bertz CT molecular complexity index is 1130. The zero-order valence-electron chi connectivity index (χ0n) is 34.5. The Morgan fingerprint density at radius 1 is 0.685 bits per heavy atom. The number of quaternary nitrogens is 1. The second kappa shape index (κ2) is 35.1. The van der Waals surface area contributed by atoms with Crippen LogP contribution >= 0.6 is 7.82 Å². The van der Waals surface area contributed by atoms with Gasteiger partial charge in [-0.2, -0.15) is 0 Å². The molecule has 312 valence electrons. The van der Waals surface area contributed by atoms with Crippen molar-refractivity contribution in [3.63, 3.8) is 0 Å². The average Bonchev–Trinajstić information content (AvgIpc) is 3.11. The fourth-order valence-electron chi connectivity index (χ4n) is 5.15. The maximum absolute atomic E-state index is 12.6. The molecule has 1 N–H and O–H groups in total. The van der Waals surface area contributed by atoms with E-state index in [9.17, 15) is 24.2 Å². The molecule has 0 aliphatic rings. The zero-order chi connectivity index (χ0) is 40.2. The van der Waals surface area contributed by atoms with Gasteiger partial charge in [0.2, 0.25) is 0 Å². The van der Waals surface area contributed by atoms with E-state index in [1.807, 2.05) is 33.3 Å². The second-order valence-electron chi connectivity index (χ2n) is 14.8. The highest BCUT2D eigenvalue weighted by Gasteiger charge is 2.21. The lowest BCUT2D eigenvalue weighted by Crippen LogP contribution is -2.37. The van der Waals surface area contributed by atoms with Crippen LogP contribution in [0.3, 0.4) is 0 Å². The minimum Gasteiger partial charge on any atom is -0.756 e. The van der Waals surface area contributed by atoms with Gasteiger partial charge < -0.3 is 33.0 Å². The van der Waals surface area contributed by atoms with Gasteiger partial charge >= 0.3 is 11.9 Å². The van der Waals surface area contributed by atoms with Gasteiger partial charge in [0.25, 0.3) is 7.82 Å². The molecule has 3 atom stereocenters. The van der Waals surface area contributed by atoms with Crippen LogP contribution in [0.5, 0.6) is 0 Å². The molecule has 0 spiro atoms. The number of rotatable bonds is 36. The molecule has 2 unspecified atom stereocenters. The van der Waals surface area contributed by atoms with Gasteiger partial charge in [0.1, 0.15) is 19.8 Å². The highest BCUT2D eigenvalue weighted by atomic mass is 31.2. The number of allylic oxidation sites excluding steroid dienone is 9. The molecule has 0 saturated heterocycles. The number of hydrogen-bond acceptors (Lipinski definition) is 9. The summed E-state index contributed by atoms with van der Waals surface area (Å²) in [5.41, 5.74) is 0. The third kappa shape index (κ3) is 38.0. The summed E-state index contributed by atoms with van der Waals surface area (Å²) in [6, 6.07) is 0. The molecule has 54 heavy (non-hydrogen) atoms. The van der Waals surface area contributed by atoms with Crippen LogP contribution in [0, 0.1) is 0 Å². The van der Waals surface area contributed by atoms with Gasteiger partial charge in [0.15, 0.2) is 6.10 Å². The molecular formula is C43H76NO9P. The molecule has 0 heterocycles. The number of aliphatic hydroxyl groups is 1. The Morgan fingerprint density at radius 3 is 1.80 bits per heavy atom. The molecule has 0 fully saturated rings. The van der Waals surface area contributed by atoms with Crippen LogP contribution in [-0.4, -0.2) is 81.2 Å². The number of nitrogens with zero attached hydrogens (tertiary/aromatic N) is 1. The molecule has 11 heteroatoms. The Kier molecular flexibility index (Phi) is 33.6. The van der Waals surface area contributed by atoms with Crippen LogP contribution in [-0.2, 0) is 32.7 Å². The summed E-state index contributed by atoms with van der Waals surface area (Å²) in [4.78, 5) is 37.4. The molecule has 0 aromatic carbocycles. The third-order valence-electron chi connectivity index (χ3n) is 8.41. The Morgan fingerprint density at radius 2 is 1.22 bits per heavy atom. The molecule has 0 aliphatic heterocycles. The average molecular weight is 782 g/mol. The summed E-state index contributed by atoms with van der Waals surface area (Å²) in [5, 5.41) is 10.3. The summed E-state index contributed by atoms with van der Waals surface area (Å²) < 4.78 is 33.6. The number of phosphoric ester groups is 1. The quantitative estimate of drug-likeness (QED) is 0.0165. The van der Waals surface area contributed by atoms with Crippen LogP contribution in [0.2, 0.25) is 0 Å². The highest BCUT2D eigenvalue weighted by Crippen LogP contribution is 2.38. The van der Waals surface area contributed by atoms with E-state index in [1.54, 1.807) is 12.2 Å². The van der Waals surface area contributed by atoms with E-state index in [2.05, 4.69) is 50.3 Å². The first kappa shape index (κ1) is 51.7. The van der Waals surface area contributed by atoms with Gasteiger partial charge in [-0.15, -0.1) is 0 Å². The highest BCUT2D eigenvalue weighted by molar-refractivity contribution is 7.45. The van der Waals surface area contributed by atoms with E-state index >= 15 is 0 Å². The summed E-state index contributed by atoms with van der Waals surface area (Å²) in [5.74, 6) is -1.04. The van der Waals surface area contributed by atoms with Crippen LogP contribution in [0.15, 0.2) is 60.8 Å². The van der Waals surface area contributed by atoms with Crippen LogP contribution in [0.25, 0.3) is 0 Å². The predicted molar refractivity (Wildman–Crippen MR) is 219 cm³/mol. The monoisotopic (exact) mass is 782 g/mol. The molecular weight excluding hydrogens is 705 g/mol. The topological polar surface area (TPSA) is 131 Å². The van der Waals surface area contributed by atoms with E-state index in [0.29, 0.717) is 30.3 Å². The third-order valence-corrected chi connectivity index (χ3v) is 9.37. The zero-order valence-corrected chi connectivity index (χ0v) is 35.4. The molecule has 10 nitrogen and oxygen atoms in total. The van der Waals surface area contributed by atoms with Crippen LogP contribution in [0.1, 0.15) is 142 Å². The summed E-state index contributed by atoms with van der Waals surface area (Å²) >= 11 is 0. The lowest BCUT2D eigenvalue weighted by Gasteiger charge is -2.28. The Labute approximate surface area is 329 Å². The number of aliphatic hydroxyl groups excluding tert-OH is 1. The fraction of sp³-hybridized carbons (Fsp3) is 0.721. The molecule has 0 amide bonds.